The van der Waals surface area contributed by atoms with Crippen LogP contribution in [0.15, 0.2) is 0 Å². The zero-order valence-corrected chi connectivity index (χ0v) is 9.42. The largest absolute Gasteiger partial charge is 0.465 e. The predicted molar refractivity (Wildman–Crippen MR) is 57.9 cm³/mol. The van der Waals surface area contributed by atoms with Crippen molar-refractivity contribution in [3.63, 3.8) is 0 Å². The van der Waals surface area contributed by atoms with Crippen LogP contribution in [0.5, 0.6) is 0 Å². The standard InChI is InChI=1S/C11H23NO2/c1-3-5-6-8-14-11(13)10(9-12)7-4-2/h10H,3-9,12H2,1-2H3. The molecular formula is C11H23NO2. The molecule has 0 aliphatic carbocycles. The van der Waals surface area contributed by atoms with Crippen LogP contribution in [0.25, 0.3) is 0 Å². The van der Waals surface area contributed by atoms with E-state index in [0.29, 0.717) is 13.2 Å². The van der Waals surface area contributed by atoms with E-state index in [0.717, 1.165) is 32.1 Å². The monoisotopic (exact) mass is 201 g/mol. The van der Waals surface area contributed by atoms with Crippen LogP contribution in [-0.4, -0.2) is 19.1 Å². The Morgan fingerprint density at radius 3 is 2.50 bits per heavy atom. The topological polar surface area (TPSA) is 52.3 Å². The zero-order chi connectivity index (χ0) is 10.8. The van der Waals surface area contributed by atoms with Gasteiger partial charge in [-0.15, -0.1) is 0 Å². The van der Waals surface area contributed by atoms with Gasteiger partial charge in [0.05, 0.1) is 12.5 Å². The molecule has 0 aliphatic heterocycles. The van der Waals surface area contributed by atoms with Crippen LogP contribution < -0.4 is 5.73 Å². The normalized spacial score (nSPS) is 12.5. The van der Waals surface area contributed by atoms with E-state index in [4.69, 9.17) is 10.5 Å². The molecule has 14 heavy (non-hydrogen) atoms. The molecule has 0 spiro atoms. The van der Waals surface area contributed by atoms with Gasteiger partial charge in [0.15, 0.2) is 0 Å². The fourth-order valence-electron chi connectivity index (χ4n) is 1.32. The summed E-state index contributed by atoms with van der Waals surface area (Å²) in [5, 5.41) is 0. The third-order valence-electron chi connectivity index (χ3n) is 2.25. The minimum Gasteiger partial charge on any atom is -0.465 e. The summed E-state index contributed by atoms with van der Waals surface area (Å²) in [6.45, 7) is 5.13. The molecule has 0 saturated carbocycles. The van der Waals surface area contributed by atoms with Crippen molar-refractivity contribution in [1.29, 1.82) is 0 Å². The van der Waals surface area contributed by atoms with Crippen molar-refractivity contribution < 1.29 is 9.53 Å². The van der Waals surface area contributed by atoms with E-state index in [1.165, 1.54) is 0 Å². The number of esters is 1. The van der Waals surface area contributed by atoms with Crippen LogP contribution in [0, 0.1) is 5.92 Å². The molecular weight excluding hydrogens is 178 g/mol. The number of carbonyl (C=O) groups excluding carboxylic acids is 1. The van der Waals surface area contributed by atoms with Crippen LogP contribution in [0.1, 0.15) is 46.0 Å². The molecule has 0 saturated heterocycles. The Labute approximate surface area is 87.0 Å². The second-order valence-electron chi connectivity index (χ2n) is 3.60. The summed E-state index contributed by atoms with van der Waals surface area (Å²) < 4.78 is 5.13. The van der Waals surface area contributed by atoms with Crippen molar-refractivity contribution in [2.45, 2.75) is 46.0 Å². The summed E-state index contributed by atoms with van der Waals surface area (Å²) in [5.74, 6) is -0.216. The highest BCUT2D eigenvalue weighted by molar-refractivity contribution is 5.72. The van der Waals surface area contributed by atoms with E-state index in [9.17, 15) is 4.79 Å². The molecule has 0 aromatic heterocycles. The number of nitrogens with two attached hydrogens (primary N) is 1. The highest BCUT2D eigenvalue weighted by Crippen LogP contribution is 2.07. The fraction of sp³-hybridized carbons (Fsp3) is 0.909. The molecule has 0 fully saturated rings. The summed E-state index contributed by atoms with van der Waals surface area (Å²) >= 11 is 0. The first kappa shape index (κ1) is 13.4. The first-order chi connectivity index (χ1) is 6.76. The van der Waals surface area contributed by atoms with Crippen LogP contribution in [0.2, 0.25) is 0 Å². The second kappa shape index (κ2) is 9.00. The lowest BCUT2D eigenvalue weighted by atomic mass is 10.0. The molecule has 0 rings (SSSR count). The van der Waals surface area contributed by atoms with Gasteiger partial charge < -0.3 is 10.5 Å². The predicted octanol–water partition coefficient (Wildman–Crippen LogP) is 2.09. The van der Waals surface area contributed by atoms with Gasteiger partial charge in [-0.25, -0.2) is 0 Å². The Bertz CT molecular complexity index is 148. The SMILES string of the molecule is CCCCCOC(=O)C(CN)CCC. The molecule has 0 radical (unpaired) electrons. The molecule has 0 amide bonds. The number of unbranched alkanes of at least 4 members (excludes halogenated alkanes) is 2. The van der Waals surface area contributed by atoms with Crippen LogP contribution in [0.3, 0.4) is 0 Å². The average Bonchev–Trinajstić information content (AvgIpc) is 2.20. The highest BCUT2D eigenvalue weighted by Gasteiger charge is 2.16. The molecule has 2 N–H and O–H groups in total. The Kier molecular flexibility index (Phi) is 8.64. The first-order valence-corrected chi connectivity index (χ1v) is 5.62. The third-order valence-corrected chi connectivity index (χ3v) is 2.25. The van der Waals surface area contributed by atoms with Crippen molar-refractivity contribution in [1.82, 2.24) is 0 Å². The molecule has 1 unspecified atom stereocenters. The summed E-state index contributed by atoms with van der Waals surface area (Å²) in [7, 11) is 0. The second-order valence-corrected chi connectivity index (χ2v) is 3.60. The number of hydrogen-bond donors (Lipinski definition) is 1. The van der Waals surface area contributed by atoms with Crippen LogP contribution in [-0.2, 0) is 9.53 Å². The Hall–Kier alpha value is -0.570. The van der Waals surface area contributed by atoms with E-state index in [-0.39, 0.29) is 11.9 Å². The Morgan fingerprint density at radius 1 is 1.29 bits per heavy atom. The minimum atomic E-state index is -0.120. The molecule has 0 aromatic rings. The fourth-order valence-corrected chi connectivity index (χ4v) is 1.32. The summed E-state index contributed by atoms with van der Waals surface area (Å²) in [6, 6.07) is 0. The van der Waals surface area contributed by atoms with E-state index in [2.05, 4.69) is 6.92 Å². The smallest absolute Gasteiger partial charge is 0.310 e. The lowest BCUT2D eigenvalue weighted by molar-refractivity contribution is -0.148. The molecule has 84 valence electrons. The number of carbonyl (C=O) groups is 1. The van der Waals surface area contributed by atoms with Gasteiger partial charge >= 0.3 is 5.97 Å². The summed E-state index contributed by atoms with van der Waals surface area (Å²) in [5.41, 5.74) is 5.49. The summed E-state index contributed by atoms with van der Waals surface area (Å²) in [6.07, 6.45) is 5.04. The van der Waals surface area contributed by atoms with Crippen molar-refractivity contribution in [2.24, 2.45) is 11.7 Å². The minimum absolute atomic E-state index is 0.0957. The molecule has 0 aliphatic rings. The van der Waals surface area contributed by atoms with Gasteiger partial charge in [0.1, 0.15) is 0 Å². The summed E-state index contributed by atoms with van der Waals surface area (Å²) in [4.78, 5) is 11.4. The van der Waals surface area contributed by atoms with Gasteiger partial charge in [0, 0.05) is 6.54 Å². The maximum Gasteiger partial charge on any atom is 0.310 e. The number of ether oxygens (including phenoxy) is 1. The lowest BCUT2D eigenvalue weighted by Gasteiger charge is -2.12. The van der Waals surface area contributed by atoms with Gasteiger partial charge in [-0.1, -0.05) is 33.1 Å². The highest BCUT2D eigenvalue weighted by atomic mass is 16.5. The molecule has 3 nitrogen and oxygen atoms in total. The van der Waals surface area contributed by atoms with Crippen LogP contribution >= 0.6 is 0 Å². The maximum absolute atomic E-state index is 11.4. The van der Waals surface area contributed by atoms with Crippen molar-refractivity contribution in [2.75, 3.05) is 13.2 Å². The maximum atomic E-state index is 11.4. The van der Waals surface area contributed by atoms with E-state index >= 15 is 0 Å². The Balaban J connectivity index is 3.58. The van der Waals surface area contributed by atoms with E-state index in [1.807, 2.05) is 6.92 Å². The molecule has 0 aromatic carbocycles. The average molecular weight is 201 g/mol. The number of hydrogen-bond acceptors (Lipinski definition) is 3. The van der Waals surface area contributed by atoms with E-state index in [1.54, 1.807) is 0 Å². The zero-order valence-electron chi connectivity index (χ0n) is 9.42. The van der Waals surface area contributed by atoms with Crippen molar-refractivity contribution in [3.05, 3.63) is 0 Å². The van der Waals surface area contributed by atoms with Gasteiger partial charge in [-0.3, -0.25) is 4.79 Å². The quantitative estimate of drug-likeness (QED) is 0.483. The number of rotatable bonds is 8. The van der Waals surface area contributed by atoms with Gasteiger partial charge in [0.25, 0.3) is 0 Å². The van der Waals surface area contributed by atoms with Crippen molar-refractivity contribution >= 4 is 5.97 Å². The van der Waals surface area contributed by atoms with Crippen molar-refractivity contribution in [3.8, 4) is 0 Å². The Morgan fingerprint density at radius 2 is 2.00 bits per heavy atom. The first-order valence-electron chi connectivity index (χ1n) is 5.62. The molecule has 0 bridgehead atoms. The van der Waals surface area contributed by atoms with Gasteiger partial charge in [-0.2, -0.15) is 0 Å². The van der Waals surface area contributed by atoms with Gasteiger partial charge in [0.2, 0.25) is 0 Å². The van der Waals surface area contributed by atoms with Crippen LogP contribution in [0.4, 0.5) is 0 Å². The lowest BCUT2D eigenvalue weighted by Crippen LogP contribution is -2.25. The molecule has 0 heterocycles. The molecule has 1 atom stereocenters. The molecule has 3 heteroatoms. The third kappa shape index (κ3) is 5.97. The van der Waals surface area contributed by atoms with Gasteiger partial charge in [-0.05, 0) is 12.8 Å². The van der Waals surface area contributed by atoms with E-state index < -0.39 is 0 Å².